The zero-order valence-electron chi connectivity index (χ0n) is 15.2. The van der Waals surface area contributed by atoms with Crippen molar-refractivity contribution in [2.75, 3.05) is 12.4 Å². The summed E-state index contributed by atoms with van der Waals surface area (Å²) in [5.41, 5.74) is 3.35. The first kappa shape index (κ1) is 19.0. The number of methoxy groups -OCH3 is 1. The third kappa shape index (κ3) is 4.89. The average Bonchev–Trinajstić information content (AvgIpc) is 2.69. The molecule has 0 radical (unpaired) electrons. The number of ether oxygens (including phenoxy) is 2. The molecule has 1 amide bonds. The highest BCUT2D eigenvalue weighted by Crippen LogP contribution is 2.29. The molecule has 0 heterocycles. The zero-order chi connectivity index (χ0) is 19.2. The van der Waals surface area contributed by atoms with Crippen molar-refractivity contribution < 1.29 is 14.3 Å². The summed E-state index contributed by atoms with van der Waals surface area (Å²) < 4.78 is 12.2. The summed E-state index contributed by atoms with van der Waals surface area (Å²) in [7, 11) is 1.56. The van der Waals surface area contributed by atoms with Crippen LogP contribution in [0.5, 0.6) is 11.5 Å². The molecule has 27 heavy (non-hydrogen) atoms. The Morgan fingerprint density at radius 2 is 1.78 bits per heavy atom. The Balaban J connectivity index is 1.72. The number of carbonyl (C=O) groups is 1. The molecule has 0 aliphatic heterocycles. The van der Waals surface area contributed by atoms with Crippen LogP contribution in [0.25, 0.3) is 0 Å². The quantitative estimate of drug-likeness (QED) is 0.559. The maximum Gasteiger partial charge on any atom is 0.255 e. The Hall–Kier alpha value is -2.79. The monoisotopic (exact) mass is 425 g/mol. The van der Waals surface area contributed by atoms with Gasteiger partial charge in [-0.25, -0.2) is 0 Å². The molecular weight excluding hydrogens is 406 g/mol. The number of anilines is 1. The molecule has 0 spiro atoms. The molecule has 0 fully saturated rings. The van der Waals surface area contributed by atoms with Crippen LogP contribution in [0.1, 0.15) is 21.5 Å². The van der Waals surface area contributed by atoms with E-state index in [1.54, 1.807) is 25.3 Å². The number of nitrogens with one attached hydrogen (secondary N) is 1. The van der Waals surface area contributed by atoms with Crippen molar-refractivity contribution in [3.05, 3.63) is 87.9 Å². The molecule has 0 unspecified atom stereocenters. The Bertz CT molecular complexity index is 942. The molecule has 3 rings (SSSR count). The van der Waals surface area contributed by atoms with Gasteiger partial charge in [-0.2, -0.15) is 0 Å². The van der Waals surface area contributed by atoms with Crippen LogP contribution >= 0.6 is 15.9 Å². The van der Waals surface area contributed by atoms with Gasteiger partial charge in [0.2, 0.25) is 0 Å². The van der Waals surface area contributed by atoms with Gasteiger partial charge in [0.1, 0.15) is 6.61 Å². The van der Waals surface area contributed by atoms with Gasteiger partial charge in [0.25, 0.3) is 5.91 Å². The summed E-state index contributed by atoms with van der Waals surface area (Å²) in [6.45, 7) is 2.41. The van der Waals surface area contributed by atoms with Crippen LogP contribution in [-0.4, -0.2) is 13.0 Å². The van der Waals surface area contributed by atoms with E-state index in [1.807, 2.05) is 55.5 Å². The van der Waals surface area contributed by atoms with E-state index in [4.69, 9.17) is 9.47 Å². The molecule has 0 bridgehead atoms. The molecule has 3 aromatic rings. The fourth-order valence-corrected chi connectivity index (χ4v) is 2.84. The van der Waals surface area contributed by atoms with Crippen LogP contribution in [0, 0.1) is 6.92 Å². The third-order valence-electron chi connectivity index (χ3n) is 4.08. The Morgan fingerprint density at radius 1 is 1.00 bits per heavy atom. The topological polar surface area (TPSA) is 47.6 Å². The molecule has 0 saturated carbocycles. The smallest absolute Gasteiger partial charge is 0.255 e. The highest BCUT2D eigenvalue weighted by atomic mass is 79.9. The molecule has 0 aliphatic rings. The lowest BCUT2D eigenvalue weighted by Gasteiger charge is -2.13. The van der Waals surface area contributed by atoms with Crippen LogP contribution in [-0.2, 0) is 6.61 Å². The van der Waals surface area contributed by atoms with Crippen molar-refractivity contribution in [1.29, 1.82) is 0 Å². The molecule has 5 heteroatoms. The van der Waals surface area contributed by atoms with Gasteiger partial charge < -0.3 is 14.8 Å². The maximum atomic E-state index is 12.5. The van der Waals surface area contributed by atoms with Gasteiger partial charge in [-0.1, -0.05) is 46.3 Å². The van der Waals surface area contributed by atoms with Crippen molar-refractivity contribution >= 4 is 27.5 Å². The van der Waals surface area contributed by atoms with Crippen molar-refractivity contribution in [1.82, 2.24) is 0 Å². The van der Waals surface area contributed by atoms with Crippen LogP contribution in [0.3, 0.4) is 0 Å². The van der Waals surface area contributed by atoms with E-state index in [9.17, 15) is 4.79 Å². The Labute approximate surface area is 167 Å². The van der Waals surface area contributed by atoms with E-state index in [0.29, 0.717) is 23.7 Å². The van der Waals surface area contributed by atoms with Gasteiger partial charge in [-0.05, 0) is 54.4 Å². The van der Waals surface area contributed by atoms with Crippen LogP contribution < -0.4 is 14.8 Å². The number of amides is 1. The third-order valence-corrected chi connectivity index (χ3v) is 4.97. The normalized spacial score (nSPS) is 10.3. The Morgan fingerprint density at radius 3 is 2.48 bits per heavy atom. The summed E-state index contributed by atoms with van der Waals surface area (Å²) in [4.78, 5) is 12.5. The number of carbonyl (C=O) groups excluding carboxylic acids is 1. The van der Waals surface area contributed by atoms with Crippen molar-refractivity contribution in [2.45, 2.75) is 13.5 Å². The molecule has 138 valence electrons. The minimum absolute atomic E-state index is 0.204. The second kappa shape index (κ2) is 8.73. The van der Waals surface area contributed by atoms with Crippen molar-refractivity contribution in [2.24, 2.45) is 0 Å². The Kier molecular flexibility index (Phi) is 6.14. The lowest BCUT2D eigenvalue weighted by atomic mass is 10.1. The summed E-state index contributed by atoms with van der Waals surface area (Å²) in [6.07, 6.45) is 0. The average molecular weight is 426 g/mol. The van der Waals surface area contributed by atoms with Gasteiger partial charge in [-0.15, -0.1) is 0 Å². The zero-order valence-corrected chi connectivity index (χ0v) is 16.7. The highest BCUT2D eigenvalue weighted by Gasteiger charge is 2.12. The minimum atomic E-state index is -0.204. The first-order valence-electron chi connectivity index (χ1n) is 8.49. The first-order chi connectivity index (χ1) is 13.1. The van der Waals surface area contributed by atoms with Gasteiger partial charge in [0.15, 0.2) is 11.5 Å². The molecule has 0 saturated heterocycles. The number of rotatable bonds is 6. The van der Waals surface area contributed by atoms with Gasteiger partial charge >= 0.3 is 0 Å². The van der Waals surface area contributed by atoms with Crippen molar-refractivity contribution in [3.8, 4) is 11.5 Å². The fourth-order valence-electron chi connectivity index (χ4n) is 2.59. The van der Waals surface area contributed by atoms with Gasteiger partial charge in [0.05, 0.1) is 7.11 Å². The second-order valence-electron chi connectivity index (χ2n) is 6.06. The predicted octanol–water partition coefficient (Wildman–Crippen LogP) is 5.60. The maximum absolute atomic E-state index is 12.5. The number of hydrogen-bond acceptors (Lipinski definition) is 3. The van der Waals surface area contributed by atoms with E-state index in [1.165, 1.54) is 0 Å². The first-order valence-corrected chi connectivity index (χ1v) is 9.28. The summed E-state index contributed by atoms with van der Waals surface area (Å²) in [6, 6.07) is 20.7. The largest absolute Gasteiger partial charge is 0.493 e. The molecule has 1 N–H and O–H groups in total. The number of hydrogen-bond donors (Lipinski definition) is 1. The molecule has 0 aromatic heterocycles. The predicted molar refractivity (Wildman–Crippen MR) is 111 cm³/mol. The van der Waals surface area contributed by atoms with Crippen molar-refractivity contribution in [3.63, 3.8) is 0 Å². The van der Waals surface area contributed by atoms with Crippen LogP contribution in [0.2, 0.25) is 0 Å². The molecule has 0 aliphatic carbocycles. The summed E-state index contributed by atoms with van der Waals surface area (Å²) in [5.74, 6) is 0.910. The van der Waals surface area contributed by atoms with Gasteiger partial charge in [-0.3, -0.25) is 4.79 Å². The van der Waals surface area contributed by atoms with Crippen LogP contribution in [0.4, 0.5) is 5.69 Å². The van der Waals surface area contributed by atoms with E-state index in [0.717, 1.165) is 21.3 Å². The number of halogens is 1. The lowest BCUT2D eigenvalue weighted by Crippen LogP contribution is -2.12. The van der Waals surface area contributed by atoms with E-state index >= 15 is 0 Å². The highest BCUT2D eigenvalue weighted by molar-refractivity contribution is 9.10. The van der Waals surface area contributed by atoms with E-state index in [-0.39, 0.29) is 5.91 Å². The summed E-state index contributed by atoms with van der Waals surface area (Å²) >= 11 is 3.46. The summed E-state index contributed by atoms with van der Waals surface area (Å²) in [5, 5.41) is 2.90. The van der Waals surface area contributed by atoms with Gasteiger partial charge in [0, 0.05) is 15.7 Å². The van der Waals surface area contributed by atoms with E-state index < -0.39 is 0 Å². The molecule has 0 atom stereocenters. The number of benzene rings is 3. The molecule has 3 aromatic carbocycles. The number of aryl methyl sites for hydroxylation is 1. The lowest BCUT2D eigenvalue weighted by molar-refractivity contribution is 0.102. The fraction of sp³-hybridized carbons (Fsp3) is 0.136. The second-order valence-corrected chi connectivity index (χ2v) is 6.91. The van der Waals surface area contributed by atoms with Crippen LogP contribution in [0.15, 0.2) is 71.2 Å². The molecular formula is C22H20BrNO3. The minimum Gasteiger partial charge on any atom is -0.493 e. The SMILES string of the molecule is COc1cc(C(=O)Nc2ccc(Br)c(C)c2)ccc1OCc1ccccc1. The molecule has 4 nitrogen and oxygen atoms in total. The van der Waals surface area contributed by atoms with E-state index in [2.05, 4.69) is 21.2 Å². The standard InChI is InChI=1S/C22H20BrNO3/c1-15-12-18(9-10-19(15)23)24-22(25)17-8-11-20(21(13-17)26-2)27-14-16-6-4-3-5-7-16/h3-13H,14H2,1-2H3,(H,24,25).